The van der Waals surface area contributed by atoms with Crippen LogP contribution in [0.5, 0.6) is 0 Å². The third-order valence-electron chi connectivity index (χ3n) is 6.87. The predicted molar refractivity (Wildman–Crippen MR) is 108 cm³/mol. The van der Waals surface area contributed by atoms with E-state index in [-0.39, 0.29) is 17.9 Å². The average Bonchev–Trinajstić information content (AvgIpc) is 2.61. The van der Waals surface area contributed by atoms with Crippen LogP contribution in [0.3, 0.4) is 0 Å². The van der Waals surface area contributed by atoms with Crippen LogP contribution < -0.4 is 10.3 Å². The zero-order chi connectivity index (χ0) is 18.9. The Hall–Kier alpha value is -1.88. The second-order valence-electron chi connectivity index (χ2n) is 9.12. The van der Waals surface area contributed by atoms with Gasteiger partial charge in [-0.15, -0.1) is 0 Å². The van der Waals surface area contributed by atoms with E-state index in [2.05, 4.69) is 10.5 Å². The van der Waals surface area contributed by atoms with Gasteiger partial charge in [-0.3, -0.25) is 4.79 Å². The molecule has 2 N–H and O–H groups in total. The molecule has 0 unspecified atom stereocenters. The number of nitrogens with one attached hydrogen (secondary N) is 1. The van der Waals surface area contributed by atoms with Gasteiger partial charge < -0.3 is 10.0 Å². The molecule has 1 aromatic carbocycles. The fourth-order valence-electron chi connectivity index (χ4n) is 6.16. The summed E-state index contributed by atoms with van der Waals surface area (Å²) in [4.78, 5) is 14.5. The molecule has 4 aliphatic rings. The average molecular weight is 370 g/mol. The van der Waals surface area contributed by atoms with Crippen molar-refractivity contribution in [2.24, 2.45) is 28.3 Å². The molecule has 4 aliphatic carbocycles. The molecule has 0 spiro atoms. The molecule has 146 valence electrons. The molecule has 4 saturated carbocycles. The number of aliphatic hydroxyl groups is 1. The van der Waals surface area contributed by atoms with Crippen LogP contribution in [0.1, 0.15) is 50.5 Å². The first-order valence-corrected chi connectivity index (χ1v) is 10.3. The van der Waals surface area contributed by atoms with E-state index in [4.69, 9.17) is 5.11 Å². The molecule has 0 heterocycles. The molecular formula is C22H31N3O2. The lowest BCUT2D eigenvalue weighted by Gasteiger charge is -2.56. The van der Waals surface area contributed by atoms with Gasteiger partial charge in [0.15, 0.2) is 0 Å². The molecular weight excluding hydrogens is 338 g/mol. The fraction of sp³-hybridized carbons (Fsp3) is 0.636. The lowest BCUT2D eigenvalue weighted by atomic mass is 9.49. The quantitative estimate of drug-likeness (QED) is 0.573. The van der Waals surface area contributed by atoms with Crippen LogP contribution in [0.25, 0.3) is 0 Å². The number of rotatable bonds is 7. The topological polar surface area (TPSA) is 64.9 Å². The number of carbonyl (C=O) groups excluding carboxylic acids is 1. The molecule has 27 heavy (non-hydrogen) atoms. The maximum absolute atomic E-state index is 12.5. The first-order valence-electron chi connectivity index (χ1n) is 10.3. The number of aliphatic hydroxyl groups excluding tert-OH is 1. The maximum Gasteiger partial charge on any atom is 0.240 e. The summed E-state index contributed by atoms with van der Waals surface area (Å²) in [7, 11) is 1.95. The van der Waals surface area contributed by atoms with E-state index in [0.717, 1.165) is 29.0 Å². The lowest BCUT2D eigenvalue weighted by molar-refractivity contribution is -0.129. The van der Waals surface area contributed by atoms with Gasteiger partial charge in [-0.25, -0.2) is 5.43 Å². The summed E-state index contributed by atoms with van der Waals surface area (Å²) in [6, 6.07) is 7.93. The zero-order valence-electron chi connectivity index (χ0n) is 16.2. The molecule has 1 aromatic rings. The number of hydrogen-bond acceptors (Lipinski definition) is 4. The minimum absolute atomic E-state index is 0.0625. The fourth-order valence-corrected chi connectivity index (χ4v) is 6.16. The van der Waals surface area contributed by atoms with Gasteiger partial charge in [-0.05, 0) is 79.4 Å². The number of hydrazone groups is 1. The summed E-state index contributed by atoms with van der Waals surface area (Å²) in [5.41, 5.74) is 5.01. The van der Waals surface area contributed by atoms with Crippen molar-refractivity contribution in [1.82, 2.24) is 5.43 Å². The Morgan fingerprint density at radius 2 is 1.78 bits per heavy atom. The first kappa shape index (κ1) is 18.5. The van der Waals surface area contributed by atoms with Gasteiger partial charge in [0.25, 0.3) is 0 Å². The number of benzene rings is 1. The predicted octanol–water partition coefficient (Wildman–Crippen LogP) is 3.17. The van der Waals surface area contributed by atoms with Gasteiger partial charge in [0.2, 0.25) is 5.91 Å². The molecule has 0 saturated heterocycles. The number of nitrogens with zero attached hydrogens (tertiary/aromatic N) is 2. The van der Waals surface area contributed by atoms with E-state index >= 15 is 0 Å². The second kappa shape index (κ2) is 7.63. The number of likely N-dealkylation sites (N-methyl/N-ethyl adjacent to an activating group) is 1. The van der Waals surface area contributed by atoms with Crippen LogP contribution in [-0.2, 0) is 4.79 Å². The minimum atomic E-state index is 0.0625. The van der Waals surface area contributed by atoms with Crippen LogP contribution in [0.2, 0.25) is 0 Å². The maximum atomic E-state index is 12.5. The number of amides is 1. The highest BCUT2D eigenvalue weighted by molar-refractivity contribution is 5.83. The normalized spacial score (nSPS) is 31.4. The van der Waals surface area contributed by atoms with Crippen molar-refractivity contribution >= 4 is 17.8 Å². The van der Waals surface area contributed by atoms with Crippen LogP contribution >= 0.6 is 0 Å². The van der Waals surface area contributed by atoms with Crippen LogP contribution in [0, 0.1) is 23.2 Å². The summed E-state index contributed by atoms with van der Waals surface area (Å²) < 4.78 is 0. The third kappa shape index (κ3) is 4.18. The molecule has 0 radical (unpaired) electrons. The number of anilines is 1. The Labute approximate surface area is 161 Å². The lowest BCUT2D eigenvalue weighted by Crippen LogP contribution is -2.47. The largest absolute Gasteiger partial charge is 0.395 e. The van der Waals surface area contributed by atoms with E-state index in [1.807, 2.05) is 36.2 Å². The van der Waals surface area contributed by atoms with Crippen LogP contribution in [-0.4, -0.2) is 37.4 Å². The highest BCUT2D eigenvalue weighted by Crippen LogP contribution is 2.61. The highest BCUT2D eigenvalue weighted by Gasteiger charge is 2.51. The summed E-state index contributed by atoms with van der Waals surface area (Å²) in [6.45, 7) is 0.739. The first-order chi connectivity index (χ1) is 13.0. The van der Waals surface area contributed by atoms with Crippen molar-refractivity contribution in [2.75, 3.05) is 25.1 Å². The Balaban J connectivity index is 1.29. The number of hydrogen-bond donors (Lipinski definition) is 2. The van der Waals surface area contributed by atoms with Gasteiger partial charge in [-0.1, -0.05) is 12.1 Å². The Kier molecular flexibility index (Phi) is 5.22. The number of carbonyl (C=O) groups is 1. The molecule has 0 aliphatic heterocycles. The van der Waals surface area contributed by atoms with Gasteiger partial charge in [0.05, 0.1) is 12.8 Å². The van der Waals surface area contributed by atoms with Gasteiger partial charge in [0.1, 0.15) is 0 Å². The second-order valence-corrected chi connectivity index (χ2v) is 9.12. The van der Waals surface area contributed by atoms with Crippen molar-refractivity contribution in [1.29, 1.82) is 0 Å². The third-order valence-corrected chi connectivity index (χ3v) is 6.87. The monoisotopic (exact) mass is 369 g/mol. The van der Waals surface area contributed by atoms with E-state index in [1.54, 1.807) is 6.21 Å². The van der Waals surface area contributed by atoms with Gasteiger partial charge in [0, 0.05) is 25.7 Å². The van der Waals surface area contributed by atoms with Crippen molar-refractivity contribution in [3.63, 3.8) is 0 Å². The van der Waals surface area contributed by atoms with E-state index < -0.39 is 0 Å². The Morgan fingerprint density at radius 3 is 2.33 bits per heavy atom. The molecule has 0 atom stereocenters. The molecule has 5 rings (SSSR count). The van der Waals surface area contributed by atoms with Gasteiger partial charge in [-0.2, -0.15) is 5.10 Å². The molecule has 0 aromatic heterocycles. The molecule has 5 heteroatoms. The standard InChI is InChI=1S/C22H31N3O2/c1-25(6-7-26)20-4-2-16(3-5-20)15-23-24-21(27)14-22-11-17-8-18(12-22)10-19(9-17)13-22/h2-5,15,17-19,26H,6-14H2,1H3,(H,24,27)/b23-15-. The summed E-state index contributed by atoms with van der Waals surface area (Å²) in [6.07, 6.45) is 10.3. The van der Waals surface area contributed by atoms with E-state index in [9.17, 15) is 4.79 Å². The van der Waals surface area contributed by atoms with E-state index in [0.29, 0.717) is 13.0 Å². The summed E-state index contributed by atoms with van der Waals surface area (Å²) in [5.74, 6) is 2.67. The van der Waals surface area contributed by atoms with Crippen LogP contribution in [0.4, 0.5) is 5.69 Å². The minimum Gasteiger partial charge on any atom is -0.395 e. The Morgan fingerprint density at radius 1 is 1.19 bits per heavy atom. The van der Waals surface area contributed by atoms with Crippen molar-refractivity contribution in [3.05, 3.63) is 29.8 Å². The van der Waals surface area contributed by atoms with E-state index in [1.165, 1.54) is 38.5 Å². The molecule has 4 bridgehead atoms. The smallest absolute Gasteiger partial charge is 0.240 e. The zero-order valence-corrected chi connectivity index (χ0v) is 16.2. The van der Waals surface area contributed by atoms with Gasteiger partial charge >= 0.3 is 0 Å². The molecule has 4 fully saturated rings. The summed E-state index contributed by atoms with van der Waals surface area (Å²) >= 11 is 0. The SMILES string of the molecule is CN(CCO)c1ccc(/C=N\NC(=O)CC23CC4CC(CC(C4)C2)C3)cc1. The van der Waals surface area contributed by atoms with Crippen molar-refractivity contribution in [3.8, 4) is 0 Å². The van der Waals surface area contributed by atoms with Crippen LogP contribution in [0.15, 0.2) is 29.4 Å². The van der Waals surface area contributed by atoms with Crippen molar-refractivity contribution < 1.29 is 9.90 Å². The molecule has 1 amide bonds. The summed E-state index contributed by atoms with van der Waals surface area (Å²) in [5, 5.41) is 13.2. The van der Waals surface area contributed by atoms with Crippen molar-refractivity contribution in [2.45, 2.75) is 44.9 Å². The Bertz CT molecular complexity index is 663. The highest BCUT2D eigenvalue weighted by atomic mass is 16.3. The molecule has 5 nitrogen and oxygen atoms in total.